The van der Waals surface area contributed by atoms with Crippen LogP contribution in [0.25, 0.3) is 0 Å². The fourth-order valence-electron chi connectivity index (χ4n) is 2.68. The zero-order chi connectivity index (χ0) is 13.9. The number of likely N-dealkylation sites (N-methyl/N-ethyl adjacent to an activating group) is 1. The van der Waals surface area contributed by atoms with E-state index in [0.717, 1.165) is 16.7 Å². The molecule has 0 spiro atoms. The highest BCUT2D eigenvalue weighted by molar-refractivity contribution is 5.37. The van der Waals surface area contributed by atoms with Crippen molar-refractivity contribution < 1.29 is 14.3 Å². The van der Waals surface area contributed by atoms with Gasteiger partial charge in [-0.2, -0.15) is 0 Å². The van der Waals surface area contributed by atoms with E-state index >= 15 is 0 Å². The van der Waals surface area contributed by atoms with Crippen LogP contribution in [0.2, 0.25) is 0 Å². The molecule has 0 amide bonds. The van der Waals surface area contributed by atoms with Crippen molar-refractivity contribution in [2.24, 2.45) is 0 Å². The van der Waals surface area contributed by atoms with E-state index in [2.05, 4.69) is 33.3 Å². The smallest absolute Gasteiger partial charge is 0.137 e. The van der Waals surface area contributed by atoms with Gasteiger partial charge in [0.25, 0.3) is 0 Å². The number of aliphatic hydroxyl groups is 1. The molecule has 0 fully saturated rings. The molecule has 3 heteroatoms. The molecule has 1 aromatic carbocycles. The Hall–Kier alpha value is -1.06. The molecule has 106 valence electrons. The van der Waals surface area contributed by atoms with E-state index in [-0.39, 0.29) is 0 Å². The molecule has 1 aliphatic carbocycles. The van der Waals surface area contributed by atoms with Crippen LogP contribution >= 0.6 is 0 Å². The Bertz CT molecular complexity index is 423. The lowest BCUT2D eigenvalue weighted by molar-refractivity contribution is -0.873. The van der Waals surface area contributed by atoms with E-state index in [0.29, 0.717) is 13.2 Å². The molecule has 0 bridgehead atoms. The van der Waals surface area contributed by atoms with Gasteiger partial charge >= 0.3 is 0 Å². The Morgan fingerprint density at radius 1 is 1.16 bits per heavy atom. The predicted octanol–water partition coefficient (Wildman–Crippen LogP) is 2.01. The maximum atomic E-state index is 9.94. The summed E-state index contributed by atoms with van der Waals surface area (Å²) in [6.45, 7) is 1.07. The molecule has 0 saturated heterocycles. The van der Waals surface area contributed by atoms with E-state index < -0.39 is 6.10 Å². The molecule has 1 aliphatic rings. The second-order valence-electron chi connectivity index (χ2n) is 6.58. The number of benzene rings is 1. The van der Waals surface area contributed by atoms with E-state index in [1.165, 1.54) is 30.4 Å². The maximum Gasteiger partial charge on any atom is 0.137 e. The van der Waals surface area contributed by atoms with Crippen molar-refractivity contribution >= 4 is 0 Å². The predicted molar refractivity (Wildman–Crippen MR) is 77.5 cm³/mol. The molecule has 1 N–H and O–H groups in total. The molecule has 1 atom stereocenters. The standard InChI is InChI=1S/C16H26NO2/c1-17(2,3)11-15(18)12-19-16-9-8-13-6-4-5-7-14(13)10-16/h8-10,15,18H,4-7,11-12H2,1-3H3/q+1. The topological polar surface area (TPSA) is 29.5 Å². The molecule has 1 aromatic rings. The third-order valence-electron chi connectivity index (χ3n) is 3.52. The largest absolute Gasteiger partial charge is 0.491 e. The van der Waals surface area contributed by atoms with Gasteiger partial charge in [0.1, 0.15) is 25.0 Å². The lowest BCUT2D eigenvalue weighted by Crippen LogP contribution is -2.43. The number of nitrogens with zero attached hydrogens (tertiary/aromatic N) is 1. The highest BCUT2D eigenvalue weighted by atomic mass is 16.5. The second kappa shape index (κ2) is 5.93. The zero-order valence-corrected chi connectivity index (χ0v) is 12.4. The Kier molecular flexibility index (Phi) is 4.48. The quantitative estimate of drug-likeness (QED) is 0.824. The lowest BCUT2D eigenvalue weighted by Gasteiger charge is -2.26. The van der Waals surface area contributed by atoms with Crippen molar-refractivity contribution in [2.45, 2.75) is 31.8 Å². The number of fused-ring (bicyclic) bond motifs is 1. The molecule has 0 saturated carbocycles. The van der Waals surface area contributed by atoms with Crippen LogP contribution in [-0.2, 0) is 12.8 Å². The van der Waals surface area contributed by atoms with Crippen molar-refractivity contribution in [2.75, 3.05) is 34.3 Å². The van der Waals surface area contributed by atoms with Gasteiger partial charge in [-0.05, 0) is 48.9 Å². The summed E-state index contributed by atoms with van der Waals surface area (Å²) in [5.74, 6) is 0.890. The maximum absolute atomic E-state index is 9.94. The molecular weight excluding hydrogens is 238 g/mol. The third kappa shape index (κ3) is 4.51. The average Bonchev–Trinajstić information content (AvgIpc) is 2.34. The van der Waals surface area contributed by atoms with Crippen molar-refractivity contribution in [1.29, 1.82) is 0 Å². The van der Waals surface area contributed by atoms with Crippen LogP contribution in [0.4, 0.5) is 0 Å². The molecule has 2 rings (SSSR count). The lowest BCUT2D eigenvalue weighted by atomic mass is 9.92. The average molecular weight is 264 g/mol. The van der Waals surface area contributed by atoms with Gasteiger partial charge in [0.05, 0.1) is 21.1 Å². The highest BCUT2D eigenvalue weighted by Gasteiger charge is 2.16. The summed E-state index contributed by atoms with van der Waals surface area (Å²) in [4.78, 5) is 0. The van der Waals surface area contributed by atoms with Gasteiger partial charge in [-0.15, -0.1) is 0 Å². The van der Waals surface area contributed by atoms with Gasteiger partial charge in [-0.3, -0.25) is 0 Å². The van der Waals surface area contributed by atoms with Crippen LogP contribution in [0.5, 0.6) is 5.75 Å². The van der Waals surface area contributed by atoms with E-state index in [4.69, 9.17) is 4.74 Å². The summed E-state index contributed by atoms with van der Waals surface area (Å²) >= 11 is 0. The SMILES string of the molecule is C[N+](C)(C)CC(O)COc1ccc2c(c1)CCCC2. The first-order valence-electron chi connectivity index (χ1n) is 7.17. The summed E-state index contributed by atoms with van der Waals surface area (Å²) in [7, 11) is 6.21. The van der Waals surface area contributed by atoms with Gasteiger partial charge in [-0.1, -0.05) is 6.07 Å². The van der Waals surface area contributed by atoms with Crippen LogP contribution in [0.15, 0.2) is 18.2 Å². The Morgan fingerprint density at radius 3 is 2.53 bits per heavy atom. The van der Waals surface area contributed by atoms with Crippen molar-refractivity contribution in [3.8, 4) is 5.75 Å². The first kappa shape index (κ1) is 14.4. The molecular formula is C16H26NO2+. The van der Waals surface area contributed by atoms with Gasteiger partial charge in [0.15, 0.2) is 0 Å². The molecule has 3 nitrogen and oxygen atoms in total. The number of rotatable bonds is 5. The normalized spacial score (nSPS) is 16.8. The minimum absolute atomic E-state index is 0.369. The Balaban J connectivity index is 1.89. The fourth-order valence-corrected chi connectivity index (χ4v) is 2.68. The summed E-state index contributed by atoms with van der Waals surface area (Å²) in [5.41, 5.74) is 2.88. The summed E-state index contributed by atoms with van der Waals surface area (Å²) in [6, 6.07) is 6.35. The minimum atomic E-state index is -0.420. The molecule has 0 radical (unpaired) electrons. The van der Waals surface area contributed by atoms with Gasteiger partial charge in [0, 0.05) is 0 Å². The number of hydrogen-bond acceptors (Lipinski definition) is 2. The number of hydrogen-bond donors (Lipinski definition) is 1. The number of quaternary nitrogens is 1. The van der Waals surface area contributed by atoms with E-state index in [1.807, 2.05) is 6.07 Å². The summed E-state index contributed by atoms with van der Waals surface area (Å²) in [5, 5.41) is 9.94. The Labute approximate surface area is 116 Å². The number of aliphatic hydroxyl groups excluding tert-OH is 1. The fraction of sp³-hybridized carbons (Fsp3) is 0.625. The summed E-state index contributed by atoms with van der Waals surface area (Å²) in [6.07, 6.45) is 4.51. The first-order valence-corrected chi connectivity index (χ1v) is 7.17. The first-order chi connectivity index (χ1) is 8.94. The van der Waals surface area contributed by atoms with E-state index in [9.17, 15) is 5.11 Å². The number of aryl methyl sites for hydroxylation is 2. The molecule has 1 unspecified atom stereocenters. The van der Waals surface area contributed by atoms with Crippen molar-refractivity contribution in [1.82, 2.24) is 0 Å². The number of ether oxygens (including phenoxy) is 1. The third-order valence-corrected chi connectivity index (χ3v) is 3.52. The van der Waals surface area contributed by atoms with Crippen LogP contribution in [0, 0.1) is 0 Å². The van der Waals surface area contributed by atoms with Crippen LogP contribution in [0.3, 0.4) is 0 Å². The van der Waals surface area contributed by atoms with Crippen LogP contribution in [0.1, 0.15) is 24.0 Å². The minimum Gasteiger partial charge on any atom is -0.491 e. The molecule has 0 aromatic heterocycles. The van der Waals surface area contributed by atoms with Crippen molar-refractivity contribution in [3.05, 3.63) is 29.3 Å². The van der Waals surface area contributed by atoms with Gasteiger partial charge in [0.2, 0.25) is 0 Å². The molecule has 19 heavy (non-hydrogen) atoms. The van der Waals surface area contributed by atoms with E-state index in [1.54, 1.807) is 0 Å². The van der Waals surface area contributed by atoms with Gasteiger partial charge < -0.3 is 14.3 Å². The molecule has 0 aliphatic heterocycles. The zero-order valence-electron chi connectivity index (χ0n) is 12.4. The van der Waals surface area contributed by atoms with Crippen LogP contribution in [-0.4, -0.2) is 50.0 Å². The van der Waals surface area contributed by atoms with Gasteiger partial charge in [-0.25, -0.2) is 0 Å². The van der Waals surface area contributed by atoms with Crippen LogP contribution < -0.4 is 4.74 Å². The monoisotopic (exact) mass is 264 g/mol. The second-order valence-corrected chi connectivity index (χ2v) is 6.58. The summed E-state index contributed by atoms with van der Waals surface area (Å²) < 4.78 is 6.46. The molecule has 0 heterocycles. The van der Waals surface area contributed by atoms with Crippen molar-refractivity contribution in [3.63, 3.8) is 0 Å². The highest BCUT2D eigenvalue weighted by Crippen LogP contribution is 2.25. The Morgan fingerprint density at radius 2 is 1.84 bits per heavy atom.